The molecule has 0 bridgehead atoms. The Morgan fingerprint density at radius 1 is 1.18 bits per heavy atom. The summed E-state index contributed by atoms with van der Waals surface area (Å²) in [6.07, 6.45) is 4.48. The minimum Gasteiger partial charge on any atom is -0.394 e. The average molecular weight is 241 g/mol. The molecule has 94 valence electrons. The molecule has 1 aliphatic rings. The Labute approximate surface area is 99.7 Å². The van der Waals surface area contributed by atoms with Crippen LogP contribution < -0.4 is 5.32 Å². The molecule has 2 nitrogen and oxygen atoms in total. The van der Waals surface area contributed by atoms with Crippen LogP contribution >= 0.6 is 0 Å². The first kappa shape index (κ1) is 12.5. The number of hydrogen-bond acceptors (Lipinski definition) is 2. The summed E-state index contributed by atoms with van der Waals surface area (Å²) >= 11 is 0. The Bertz CT molecular complexity index is 357. The molecule has 17 heavy (non-hydrogen) atoms. The minimum absolute atomic E-state index is 0.153. The molecule has 2 N–H and O–H groups in total. The highest BCUT2D eigenvalue weighted by Gasteiger charge is 2.20. The van der Waals surface area contributed by atoms with Crippen molar-refractivity contribution in [3.05, 3.63) is 35.4 Å². The molecular formula is C13H17F2NO. The molecule has 1 aromatic carbocycles. The summed E-state index contributed by atoms with van der Waals surface area (Å²) in [5.74, 6) is -1.21. The van der Waals surface area contributed by atoms with Gasteiger partial charge < -0.3 is 10.4 Å². The summed E-state index contributed by atoms with van der Waals surface area (Å²) in [5.41, 5.74) is 0.469. The molecule has 0 aromatic heterocycles. The van der Waals surface area contributed by atoms with Crippen LogP contribution in [0, 0.1) is 11.6 Å². The maximum Gasteiger partial charge on any atom is 0.126 e. The highest BCUT2D eigenvalue weighted by atomic mass is 19.1. The third kappa shape index (κ3) is 3.23. The van der Waals surface area contributed by atoms with Crippen molar-refractivity contribution in [3.63, 3.8) is 0 Å². The zero-order valence-electron chi connectivity index (χ0n) is 9.63. The first-order valence-corrected chi connectivity index (χ1v) is 6.02. The molecule has 0 aliphatic heterocycles. The number of hydrogen-bond donors (Lipinski definition) is 2. The number of halogens is 2. The van der Waals surface area contributed by atoms with Crippen molar-refractivity contribution in [2.45, 2.75) is 37.8 Å². The van der Waals surface area contributed by atoms with Crippen LogP contribution in [-0.4, -0.2) is 17.8 Å². The van der Waals surface area contributed by atoms with Crippen molar-refractivity contribution in [3.8, 4) is 0 Å². The molecule has 0 saturated heterocycles. The first-order valence-electron chi connectivity index (χ1n) is 6.02. The predicted molar refractivity (Wildman–Crippen MR) is 61.6 cm³/mol. The van der Waals surface area contributed by atoms with Crippen LogP contribution in [0.1, 0.15) is 37.3 Å². The monoisotopic (exact) mass is 241 g/mol. The van der Waals surface area contributed by atoms with Gasteiger partial charge >= 0.3 is 0 Å². The maximum atomic E-state index is 13.1. The lowest BCUT2D eigenvalue weighted by Gasteiger charge is -2.21. The van der Waals surface area contributed by atoms with Crippen molar-refractivity contribution in [1.29, 1.82) is 0 Å². The van der Waals surface area contributed by atoms with Crippen LogP contribution in [-0.2, 0) is 0 Å². The summed E-state index contributed by atoms with van der Waals surface area (Å²) in [6.45, 7) is -0.153. The molecule has 0 amide bonds. The predicted octanol–water partition coefficient (Wildman–Crippen LogP) is 2.53. The highest BCUT2D eigenvalue weighted by Crippen LogP contribution is 2.23. The Kier molecular flexibility index (Phi) is 4.07. The molecule has 0 heterocycles. The van der Waals surface area contributed by atoms with Gasteiger partial charge in [-0.15, -0.1) is 0 Å². The molecule has 1 saturated carbocycles. The highest BCUT2D eigenvalue weighted by molar-refractivity contribution is 5.21. The number of aliphatic hydroxyl groups is 1. The van der Waals surface area contributed by atoms with Gasteiger partial charge in [0.05, 0.1) is 12.6 Å². The van der Waals surface area contributed by atoms with Crippen LogP contribution in [0.5, 0.6) is 0 Å². The second kappa shape index (κ2) is 5.56. The summed E-state index contributed by atoms with van der Waals surface area (Å²) < 4.78 is 26.2. The maximum absolute atomic E-state index is 13.1. The van der Waals surface area contributed by atoms with Gasteiger partial charge in [0.25, 0.3) is 0 Å². The summed E-state index contributed by atoms with van der Waals surface area (Å²) in [7, 11) is 0. The van der Waals surface area contributed by atoms with E-state index in [1.165, 1.54) is 25.0 Å². The fraction of sp³-hybridized carbons (Fsp3) is 0.538. The molecule has 0 radical (unpaired) electrons. The van der Waals surface area contributed by atoms with Gasteiger partial charge in [-0.25, -0.2) is 8.78 Å². The molecule has 1 unspecified atom stereocenters. The van der Waals surface area contributed by atoms with Crippen LogP contribution in [0.25, 0.3) is 0 Å². The van der Waals surface area contributed by atoms with E-state index in [0.717, 1.165) is 18.9 Å². The van der Waals surface area contributed by atoms with Crippen LogP contribution in [0.4, 0.5) is 8.78 Å². The molecule has 1 aromatic rings. The molecule has 1 fully saturated rings. The van der Waals surface area contributed by atoms with Crippen LogP contribution in [0.2, 0.25) is 0 Å². The molecule has 2 rings (SSSR count). The van der Waals surface area contributed by atoms with Crippen LogP contribution in [0.15, 0.2) is 18.2 Å². The lowest BCUT2D eigenvalue weighted by atomic mass is 10.1. The number of rotatable bonds is 4. The van der Waals surface area contributed by atoms with E-state index in [2.05, 4.69) is 5.32 Å². The van der Waals surface area contributed by atoms with E-state index in [1.54, 1.807) is 0 Å². The molecule has 4 heteroatoms. The van der Waals surface area contributed by atoms with E-state index in [9.17, 15) is 13.9 Å². The Morgan fingerprint density at radius 3 is 2.29 bits per heavy atom. The van der Waals surface area contributed by atoms with E-state index < -0.39 is 11.6 Å². The van der Waals surface area contributed by atoms with Gasteiger partial charge in [-0.3, -0.25) is 0 Å². The molecular weight excluding hydrogens is 224 g/mol. The summed E-state index contributed by atoms with van der Waals surface area (Å²) in [5, 5.41) is 12.6. The Morgan fingerprint density at radius 2 is 1.76 bits per heavy atom. The lowest BCUT2D eigenvalue weighted by molar-refractivity contribution is 0.232. The Hall–Kier alpha value is -1.00. The topological polar surface area (TPSA) is 32.3 Å². The van der Waals surface area contributed by atoms with Gasteiger partial charge in [-0.05, 0) is 30.5 Å². The second-order valence-electron chi connectivity index (χ2n) is 4.59. The zero-order valence-corrected chi connectivity index (χ0v) is 9.63. The van der Waals surface area contributed by atoms with E-state index in [0.29, 0.717) is 11.6 Å². The minimum atomic E-state index is -0.605. The smallest absolute Gasteiger partial charge is 0.126 e. The largest absolute Gasteiger partial charge is 0.394 e. The van der Waals surface area contributed by atoms with Gasteiger partial charge in [-0.2, -0.15) is 0 Å². The Balaban J connectivity index is 2.10. The van der Waals surface area contributed by atoms with Crippen molar-refractivity contribution < 1.29 is 13.9 Å². The van der Waals surface area contributed by atoms with Gasteiger partial charge in [0, 0.05) is 12.1 Å². The molecule has 1 aliphatic carbocycles. The fourth-order valence-electron chi connectivity index (χ4n) is 2.41. The fourth-order valence-corrected chi connectivity index (χ4v) is 2.41. The number of aliphatic hydroxyl groups excluding tert-OH is 1. The summed E-state index contributed by atoms with van der Waals surface area (Å²) in [4.78, 5) is 0. The number of nitrogens with one attached hydrogen (secondary N) is 1. The van der Waals surface area contributed by atoms with Crippen molar-refractivity contribution in [2.24, 2.45) is 0 Å². The van der Waals surface area contributed by atoms with E-state index in [4.69, 9.17) is 0 Å². The third-order valence-corrected chi connectivity index (χ3v) is 3.26. The summed E-state index contributed by atoms with van der Waals surface area (Å²) in [6, 6.07) is 3.34. The zero-order chi connectivity index (χ0) is 12.3. The van der Waals surface area contributed by atoms with Gasteiger partial charge in [0.2, 0.25) is 0 Å². The first-order chi connectivity index (χ1) is 8.19. The number of benzene rings is 1. The normalized spacial score (nSPS) is 18.5. The second-order valence-corrected chi connectivity index (χ2v) is 4.59. The molecule has 0 spiro atoms. The van der Waals surface area contributed by atoms with E-state index in [1.807, 2.05) is 0 Å². The lowest BCUT2D eigenvalue weighted by Crippen LogP contribution is -2.32. The van der Waals surface area contributed by atoms with E-state index >= 15 is 0 Å². The molecule has 1 atom stereocenters. The van der Waals surface area contributed by atoms with Crippen molar-refractivity contribution >= 4 is 0 Å². The quantitative estimate of drug-likeness (QED) is 0.849. The van der Waals surface area contributed by atoms with Gasteiger partial charge in [-0.1, -0.05) is 12.8 Å². The average Bonchev–Trinajstić information content (AvgIpc) is 2.77. The van der Waals surface area contributed by atoms with E-state index in [-0.39, 0.29) is 12.6 Å². The van der Waals surface area contributed by atoms with Crippen molar-refractivity contribution in [1.82, 2.24) is 5.32 Å². The standard InChI is InChI=1S/C13H17F2NO/c14-10-5-9(6-11(15)7-10)13(8-17)16-12-3-1-2-4-12/h5-7,12-13,16-17H,1-4,8H2. The van der Waals surface area contributed by atoms with Gasteiger partial charge in [0.15, 0.2) is 0 Å². The van der Waals surface area contributed by atoms with Crippen LogP contribution in [0.3, 0.4) is 0 Å². The SMILES string of the molecule is OCC(NC1CCCC1)c1cc(F)cc(F)c1. The van der Waals surface area contributed by atoms with Crippen molar-refractivity contribution in [2.75, 3.05) is 6.61 Å². The van der Waals surface area contributed by atoms with Gasteiger partial charge in [0.1, 0.15) is 11.6 Å². The third-order valence-electron chi connectivity index (χ3n) is 3.26.